The molecule has 0 unspecified atom stereocenters. The van der Waals surface area contributed by atoms with Gasteiger partial charge in [0.05, 0.1) is 25.1 Å². The number of benzene rings is 3. The molecular formula is C29H33FN2O5. The summed E-state index contributed by atoms with van der Waals surface area (Å²) in [6.45, 7) is 6.07. The van der Waals surface area contributed by atoms with Crippen molar-refractivity contribution in [1.82, 2.24) is 0 Å². The fourth-order valence-electron chi connectivity index (χ4n) is 4.55. The molecule has 0 atom stereocenters. The molecule has 8 heteroatoms. The number of anilines is 2. The van der Waals surface area contributed by atoms with Gasteiger partial charge in [-0.15, -0.1) is 0 Å². The number of halogens is 1. The maximum Gasteiger partial charge on any atom is 0.251 e. The molecule has 0 saturated heterocycles. The minimum atomic E-state index is -0.772. The standard InChI is InChI=1S/C29H33FN2O5/c1-18-7-8-19(30)15-25(18)37-17-23-21(11-12-24-27(23)32(4)28(34)29(2,3)31-24)22-10-9-20(16-26(22)35-5)36-14-6-13-33/h7-12,15-16,31,33H,6,13-14,17H2,1-5H3. The third-order valence-corrected chi connectivity index (χ3v) is 6.46. The molecule has 1 amide bonds. The number of amides is 1. The number of aryl methyl sites for hydroxylation is 1. The van der Waals surface area contributed by atoms with Crippen LogP contribution in [0.2, 0.25) is 0 Å². The Bertz CT molecular complexity index is 1310. The second kappa shape index (κ2) is 10.7. The lowest BCUT2D eigenvalue weighted by molar-refractivity contribution is -0.121. The number of fused-ring (bicyclic) bond motifs is 1. The summed E-state index contributed by atoms with van der Waals surface area (Å²) in [4.78, 5) is 14.8. The van der Waals surface area contributed by atoms with Crippen molar-refractivity contribution in [2.75, 3.05) is 37.6 Å². The van der Waals surface area contributed by atoms with Crippen molar-refractivity contribution in [3.05, 3.63) is 65.5 Å². The Kier molecular flexibility index (Phi) is 7.59. The minimum absolute atomic E-state index is 0.0512. The van der Waals surface area contributed by atoms with Gasteiger partial charge in [0.15, 0.2) is 0 Å². The molecule has 3 aromatic carbocycles. The number of aliphatic hydroxyl groups excluding tert-OH is 1. The van der Waals surface area contributed by atoms with Crippen molar-refractivity contribution in [2.45, 2.75) is 39.3 Å². The Morgan fingerprint density at radius 1 is 1.03 bits per heavy atom. The van der Waals surface area contributed by atoms with Crippen LogP contribution in [0.4, 0.5) is 15.8 Å². The normalized spacial score (nSPS) is 14.1. The molecule has 0 saturated carbocycles. The average molecular weight is 509 g/mol. The zero-order valence-corrected chi connectivity index (χ0v) is 21.9. The highest BCUT2D eigenvalue weighted by Crippen LogP contribution is 2.45. The summed E-state index contributed by atoms with van der Waals surface area (Å²) in [7, 11) is 3.33. The number of nitrogens with zero attached hydrogens (tertiary/aromatic N) is 1. The Morgan fingerprint density at radius 3 is 2.51 bits per heavy atom. The van der Waals surface area contributed by atoms with Gasteiger partial charge in [-0.25, -0.2) is 4.39 Å². The molecule has 0 spiro atoms. The molecule has 2 N–H and O–H groups in total. The van der Waals surface area contributed by atoms with E-state index < -0.39 is 5.54 Å². The quantitative estimate of drug-likeness (QED) is 0.381. The first-order valence-electron chi connectivity index (χ1n) is 12.2. The van der Waals surface area contributed by atoms with Crippen LogP contribution < -0.4 is 24.4 Å². The molecule has 0 aliphatic carbocycles. The second-order valence-corrected chi connectivity index (χ2v) is 9.59. The highest BCUT2D eigenvalue weighted by molar-refractivity contribution is 6.08. The predicted molar refractivity (Wildman–Crippen MR) is 142 cm³/mol. The number of likely N-dealkylation sites (N-methyl/N-ethyl adjacent to an activating group) is 1. The summed E-state index contributed by atoms with van der Waals surface area (Å²) in [6.07, 6.45) is 0.527. The first-order valence-corrected chi connectivity index (χ1v) is 12.2. The van der Waals surface area contributed by atoms with E-state index in [1.807, 2.05) is 45.0 Å². The van der Waals surface area contributed by atoms with E-state index in [1.165, 1.54) is 12.1 Å². The first-order chi connectivity index (χ1) is 17.7. The minimum Gasteiger partial charge on any atom is -0.496 e. The number of ether oxygens (including phenoxy) is 3. The number of carbonyl (C=O) groups is 1. The smallest absolute Gasteiger partial charge is 0.251 e. The third kappa shape index (κ3) is 5.34. The van der Waals surface area contributed by atoms with Crippen molar-refractivity contribution < 1.29 is 28.5 Å². The molecule has 7 nitrogen and oxygen atoms in total. The van der Waals surface area contributed by atoms with E-state index in [-0.39, 0.29) is 24.9 Å². The highest BCUT2D eigenvalue weighted by atomic mass is 19.1. The fraction of sp³-hybridized carbons (Fsp3) is 0.345. The van der Waals surface area contributed by atoms with Gasteiger partial charge in [0.25, 0.3) is 5.91 Å². The summed E-state index contributed by atoms with van der Waals surface area (Å²) in [6, 6.07) is 13.9. The average Bonchev–Trinajstić information content (AvgIpc) is 2.87. The summed E-state index contributed by atoms with van der Waals surface area (Å²) in [5.74, 6) is 1.17. The van der Waals surface area contributed by atoms with E-state index in [0.29, 0.717) is 36.0 Å². The lowest BCUT2D eigenvalue weighted by Crippen LogP contribution is -2.52. The van der Waals surface area contributed by atoms with Gasteiger partial charge in [0.2, 0.25) is 0 Å². The van der Waals surface area contributed by atoms with E-state index in [9.17, 15) is 9.18 Å². The molecule has 0 bridgehead atoms. The van der Waals surface area contributed by atoms with Crippen molar-refractivity contribution >= 4 is 17.3 Å². The maximum atomic E-state index is 14.0. The van der Waals surface area contributed by atoms with Crippen molar-refractivity contribution in [1.29, 1.82) is 0 Å². The molecule has 37 heavy (non-hydrogen) atoms. The van der Waals surface area contributed by atoms with Gasteiger partial charge >= 0.3 is 0 Å². The lowest BCUT2D eigenvalue weighted by Gasteiger charge is -2.39. The molecule has 4 rings (SSSR count). The van der Waals surface area contributed by atoms with Crippen LogP contribution in [-0.4, -0.2) is 43.9 Å². The van der Waals surface area contributed by atoms with Crippen LogP contribution >= 0.6 is 0 Å². The largest absolute Gasteiger partial charge is 0.496 e. The van der Waals surface area contributed by atoms with Gasteiger partial charge in [-0.1, -0.05) is 12.1 Å². The van der Waals surface area contributed by atoms with Gasteiger partial charge < -0.3 is 29.5 Å². The van der Waals surface area contributed by atoms with Crippen LogP contribution in [0.3, 0.4) is 0 Å². The van der Waals surface area contributed by atoms with E-state index in [2.05, 4.69) is 5.32 Å². The number of rotatable bonds is 9. The Balaban J connectivity index is 1.82. The number of aliphatic hydroxyl groups is 1. The first kappa shape index (κ1) is 26.3. The summed E-state index contributed by atoms with van der Waals surface area (Å²) < 4.78 is 31.5. The van der Waals surface area contributed by atoms with Crippen LogP contribution in [-0.2, 0) is 11.4 Å². The summed E-state index contributed by atoms with van der Waals surface area (Å²) in [5.41, 5.74) is 3.89. The van der Waals surface area contributed by atoms with Gasteiger partial charge in [-0.2, -0.15) is 0 Å². The molecule has 1 heterocycles. The van der Waals surface area contributed by atoms with Crippen molar-refractivity contribution in [3.63, 3.8) is 0 Å². The van der Waals surface area contributed by atoms with Crippen LogP contribution in [0.1, 0.15) is 31.4 Å². The molecule has 1 aliphatic heterocycles. The van der Waals surface area contributed by atoms with Crippen LogP contribution in [0.5, 0.6) is 17.2 Å². The molecule has 0 radical (unpaired) electrons. The zero-order chi connectivity index (χ0) is 26.7. The summed E-state index contributed by atoms with van der Waals surface area (Å²) >= 11 is 0. The fourth-order valence-corrected chi connectivity index (χ4v) is 4.55. The molecule has 0 aromatic heterocycles. The molecular weight excluding hydrogens is 475 g/mol. The van der Waals surface area contributed by atoms with E-state index >= 15 is 0 Å². The van der Waals surface area contributed by atoms with Gasteiger partial charge in [-0.3, -0.25) is 4.79 Å². The Morgan fingerprint density at radius 2 is 1.78 bits per heavy atom. The van der Waals surface area contributed by atoms with E-state index in [1.54, 1.807) is 31.2 Å². The SMILES string of the molecule is COc1cc(OCCCO)ccc1-c1ccc2c(c1COc1cc(F)ccc1C)N(C)C(=O)C(C)(C)N2. The topological polar surface area (TPSA) is 80.3 Å². The Hall–Kier alpha value is -3.78. The highest BCUT2D eigenvalue weighted by Gasteiger charge is 2.38. The molecule has 0 fully saturated rings. The molecule has 3 aromatic rings. The zero-order valence-electron chi connectivity index (χ0n) is 21.9. The number of carbonyl (C=O) groups excluding carboxylic acids is 1. The van der Waals surface area contributed by atoms with Gasteiger partial charge in [0.1, 0.15) is 35.2 Å². The molecule has 196 valence electrons. The van der Waals surface area contributed by atoms with Crippen molar-refractivity contribution in [3.8, 4) is 28.4 Å². The second-order valence-electron chi connectivity index (χ2n) is 9.59. The van der Waals surface area contributed by atoms with E-state index in [4.69, 9.17) is 19.3 Å². The van der Waals surface area contributed by atoms with Crippen LogP contribution in [0, 0.1) is 12.7 Å². The van der Waals surface area contributed by atoms with Crippen molar-refractivity contribution in [2.24, 2.45) is 0 Å². The van der Waals surface area contributed by atoms with Crippen LogP contribution in [0.25, 0.3) is 11.1 Å². The number of hydrogen-bond acceptors (Lipinski definition) is 6. The maximum absolute atomic E-state index is 14.0. The van der Waals surface area contributed by atoms with Crippen LogP contribution in [0.15, 0.2) is 48.5 Å². The van der Waals surface area contributed by atoms with E-state index in [0.717, 1.165) is 27.9 Å². The third-order valence-electron chi connectivity index (χ3n) is 6.46. The summed E-state index contributed by atoms with van der Waals surface area (Å²) in [5, 5.41) is 12.4. The van der Waals surface area contributed by atoms with Gasteiger partial charge in [-0.05, 0) is 56.2 Å². The monoisotopic (exact) mass is 508 g/mol. The molecule has 1 aliphatic rings. The van der Waals surface area contributed by atoms with Gasteiger partial charge in [0, 0.05) is 43.3 Å². The number of methoxy groups -OCH3 is 1. The Labute approximate surface area is 216 Å². The number of nitrogens with one attached hydrogen (secondary N) is 1. The lowest BCUT2D eigenvalue weighted by atomic mass is 9.91. The number of hydrogen-bond donors (Lipinski definition) is 2. The predicted octanol–water partition coefficient (Wildman–Crippen LogP) is 5.32.